The van der Waals surface area contributed by atoms with Crippen molar-refractivity contribution in [2.45, 2.75) is 18.0 Å². The molecule has 0 aliphatic carbocycles. The van der Waals surface area contributed by atoms with Crippen molar-refractivity contribution < 1.29 is 26.4 Å². The standard InChI is InChI=1S/C22H17BrClF3N2O3S/c1-14-5-8-18(9-6-14)33(31,32)29(17-4-2-3-15(23)11-17)13-21(30)28-16-7-10-20(24)19(12-16)22(25,26)27/h2-12H,13H2,1H3,(H,28,30). The second-order valence-electron chi connectivity index (χ2n) is 7.05. The molecular weight excluding hydrogens is 545 g/mol. The van der Waals surface area contributed by atoms with Crippen LogP contribution in [0.4, 0.5) is 24.5 Å². The number of amides is 1. The lowest BCUT2D eigenvalue weighted by Gasteiger charge is -2.24. The third-order valence-corrected chi connectivity index (χ3v) is 7.16. The Kier molecular flexibility index (Phi) is 7.40. The maximum atomic E-state index is 13.3. The lowest BCUT2D eigenvalue weighted by Crippen LogP contribution is -2.38. The molecule has 0 aromatic heterocycles. The largest absolute Gasteiger partial charge is 0.417 e. The molecule has 33 heavy (non-hydrogen) atoms. The number of anilines is 2. The van der Waals surface area contributed by atoms with Gasteiger partial charge < -0.3 is 5.32 Å². The average molecular weight is 562 g/mol. The summed E-state index contributed by atoms with van der Waals surface area (Å²) in [6.45, 7) is 1.13. The highest BCUT2D eigenvalue weighted by Crippen LogP contribution is 2.36. The molecule has 0 radical (unpaired) electrons. The lowest BCUT2D eigenvalue weighted by molar-refractivity contribution is -0.137. The number of benzene rings is 3. The molecule has 3 aromatic carbocycles. The molecule has 3 aromatic rings. The third-order valence-electron chi connectivity index (χ3n) is 4.55. The van der Waals surface area contributed by atoms with Crippen LogP contribution in [-0.2, 0) is 21.0 Å². The summed E-state index contributed by atoms with van der Waals surface area (Å²) in [6.07, 6.45) is -4.71. The van der Waals surface area contributed by atoms with E-state index >= 15 is 0 Å². The van der Waals surface area contributed by atoms with Gasteiger partial charge in [-0.05, 0) is 55.5 Å². The van der Waals surface area contributed by atoms with E-state index in [0.29, 0.717) is 10.5 Å². The van der Waals surface area contributed by atoms with Gasteiger partial charge in [-0.15, -0.1) is 0 Å². The minimum absolute atomic E-state index is 0.0354. The first-order valence-corrected chi connectivity index (χ1v) is 12.0. The van der Waals surface area contributed by atoms with Crippen LogP contribution in [0.3, 0.4) is 0 Å². The Bertz CT molecular complexity index is 1280. The summed E-state index contributed by atoms with van der Waals surface area (Å²) >= 11 is 8.89. The monoisotopic (exact) mass is 560 g/mol. The summed E-state index contributed by atoms with van der Waals surface area (Å²) in [4.78, 5) is 12.7. The van der Waals surface area contributed by atoms with E-state index in [0.717, 1.165) is 15.9 Å². The average Bonchev–Trinajstić information content (AvgIpc) is 2.73. The summed E-state index contributed by atoms with van der Waals surface area (Å²) in [7, 11) is -4.16. The minimum Gasteiger partial charge on any atom is -0.324 e. The third kappa shape index (κ3) is 6.07. The number of nitrogens with zero attached hydrogens (tertiary/aromatic N) is 1. The molecule has 174 valence electrons. The zero-order valence-corrected chi connectivity index (χ0v) is 20.2. The first-order valence-electron chi connectivity index (χ1n) is 9.39. The van der Waals surface area contributed by atoms with E-state index in [1.165, 1.54) is 30.3 Å². The number of halogens is 5. The number of carbonyl (C=O) groups excluding carboxylic acids is 1. The number of sulfonamides is 1. The molecule has 0 aliphatic rings. The maximum Gasteiger partial charge on any atom is 0.417 e. The van der Waals surface area contributed by atoms with Crippen LogP contribution in [0.1, 0.15) is 11.1 Å². The summed E-state index contributed by atoms with van der Waals surface area (Å²) in [5, 5.41) is 1.80. The van der Waals surface area contributed by atoms with Crippen molar-refractivity contribution in [3.05, 3.63) is 87.4 Å². The fourth-order valence-corrected chi connectivity index (χ4v) is 4.96. The molecule has 0 saturated heterocycles. The first-order chi connectivity index (χ1) is 15.4. The quantitative estimate of drug-likeness (QED) is 0.386. The van der Waals surface area contributed by atoms with Gasteiger partial charge in [-0.3, -0.25) is 9.10 Å². The highest BCUT2D eigenvalue weighted by molar-refractivity contribution is 9.10. The van der Waals surface area contributed by atoms with Gasteiger partial charge in [0.25, 0.3) is 10.0 Å². The molecule has 3 rings (SSSR count). The second kappa shape index (κ2) is 9.74. The summed E-state index contributed by atoms with van der Waals surface area (Å²) in [5.74, 6) is -0.832. The van der Waals surface area contributed by atoms with E-state index in [4.69, 9.17) is 11.6 Å². The molecular formula is C22H17BrClF3N2O3S. The van der Waals surface area contributed by atoms with Gasteiger partial charge >= 0.3 is 6.18 Å². The van der Waals surface area contributed by atoms with Gasteiger partial charge in [0.15, 0.2) is 0 Å². The molecule has 0 spiro atoms. The molecule has 5 nitrogen and oxygen atoms in total. The van der Waals surface area contributed by atoms with Crippen LogP contribution in [0.25, 0.3) is 0 Å². The summed E-state index contributed by atoms with van der Waals surface area (Å²) < 4.78 is 67.5. The van der Waals surface area contributed by atoms with Gasteiger partial charge in [-0.1, -0.05) is 51.3 Å². The molecule has 0 unspecified atom stereocenters. The molecule has 0 aliphatic heterocycles. The van der Waals surface area contributed by atoms with Crippen molar-refractivity contribution in [2.24, 2.45) is 0 Å². The summed E-state index contributed by atoms with van der Waals surface area (Å²) in [5.41, 5.74) is -0.229. The van der Waals surface area contributed by atoms with E-state index in [1.54, 1.807) is 31.2 Å². The second-order valence-corrected chi connectivity index (χ2v) is 10.2. The van der Waals surface area contributed by atoms with E-state index < -0.39 is 39.2 Å². The Hall–Kier alpha value is -2.56. The molecule has 0 heterocycles. The highest BCUT2D eigenvalue weighted by atomic mass is 79.9. The topological polar surface area (TPSA) is 66.5 Å². The van der Waals surface area contributed by atoms with E-state index in [1.807, 2.05) is 0 Å². The molecule has 0 fully saturated rings. The predicted molar refractivity (Wildman–Crippen MR) is 125 cm³/mol. The van der Waals surface area contributed by atoms with Crippen LogP contribution in [0.5, 0.6) is 0 Å². The van der Waals surface area contributed by atoms with Gasteiger partial charge in [-0.2, -0.15) is 13.2 Å². The SMILES string of the molecule is Cc1ccc(S(=O)(=O)N(CC(=O)Nc2ccc(Cl)c(C(F)(F)F)c2)c2cccc(Br)c2)cc1. The molecule has 0 saturated carbocycles. The van der Waals surface area contributed by atoms with Crippen molar-refractivity contribution in [3.63, 3.8) is 0 Å². The molecule has 0 bridgehead atoms. The normalized spacial score (nSPS) is 11.8. The van der Waals surface area contributed by atoms with Crippen molar-refractivity contribution in [1.82, 2.24) is 0 Å². The number of aryl methyl sites for hydroxylation is 1. The number of rotatable bonds is 6. The van der Waals surface area contributed by atoms with E-state index in [-0.39, 0.29) is 16.3 Å². The molecule has 1 N–H and O–H groups in total. The molecule has 0 atom stereocenters. The fraction of sp³-hybridized carbons (Fsp3) is 0.136. The van der Waals surface area contributed by atoms with Crippen molar-refractivity contribution in [1.29, 1.82) is 0 Å². The van der Waals surface area contributed by atoms with Crippen molar-refractivity contribution in [3.8, 4) is 0 Å². The number of hydrogen-bond donors (Lipinski definition) is 1. The molecule has 1 amide bonds. The number of carbonyl (C=O) groups is 1. The Morgan fingerprint density at radius 2 is 1.73 bits per heavy atom. The Balaban J connectivity index is 1.94. The van der Waals surface area contributed by atoms with Crippen LogP contribution >= 0.6 is 27.5 Å². The fourth-order valence-electron chi connectivity index (χ4n) is 2.93. The maximum absolute atomic E-state index is 13.3. The summed E-state index contributed by atoms with van der Waals surface area (Å²) in [6, 6.07) is 15.3. The van der Waals surface area contributed by atoms with Gasteiger partial charge in [0.1, 0.15) is 6.54 Å². The van der Waals surface area contributed by atoms with Crippen LogP contribution in [-0.4, -0.2) is 20.9 Å². The number of hydrogen-bond acceptors (Lipinski definition) is 3. The number of alkyl halides is 3. The predicted octanol–water partition coefficient (Wildman–Crippen LogP) is 6.26. The Morgan fingerprint density at radius 3 is 2.33 bits per heavy atom. The van der Waals surface area contributed by atoms with E-state index in [2.05, 4.69) is 21.2 Å². The number of nitrogens with one attached hydrogen (secondary N) is 1. The van der Waals surface area contributed by atoms with Crippen LogP contribution in [0, 0.1) is 6.92 Å². The minimum atomic E-state index is -4.71. The highest BCUT2D eigenvalue weighted by Gasteiger charge is 2.34. The van der Waals surface area contributed by atoms with E-state index in [9.17, 15) is 26.4 Å². The van der Waals surface area contributed by atoms with Crippen LogP contribution < -0.4 is 9.62 Å². The Labute approximate surface area is 202 Å². The Morgan fingerprint density at radius 1 is 1.06 bits per heavy atom. The molecule has 11 heteroatoms. The first kappa shape index (κ1) is 25.1. The lowest BCUT2D eigenvalue weighted by atomic mass is 10.2. The van der Waals surface area contributed by atoms with Crippen LogP contribution in [0.15, 0.2) is 76.1 Å². The zero-order chi connectivity index (χ0) is 24.4. The smallest absolute Gasteiger partial charge is 0.324 e. The van der Waals surface area contributed by atoms with Gasteiger partial charge in [0.2, 0.25) is 5.91 Å². The van der Waals surface area contributed by atoms with Gasteiger partial charge in [-0.25, -0.2) is 8.42 Å². The van der Waals surface area contributed by atoms with Crippen molar-refractivity contribution >= 4 is 54.8 Å². The van der Waals surface area contributed by atoms with Crippen LogP contribution in [0.2, 0.25) is 5.02 Å². The van der Waals surface area contributed by atoms with Gasteiger partial charge in [0, 0.05) is 10.2 Å². The zero-order valence-electron chi connectivity index (χ0n) is 17.0. The van der Waals surface area contributed by atoms with Gasteiger partial charge in [0.05, 0.1) is 21.2 Å². The van der Waals surface area contributed by atoms with Crippen molar-refractivity contribution in [2.75, 3.05) is 16.2 Å².